The molecule has 3 rings (SSSR count). The molecule has 0 spiro atoms. The van der Waals surface area contributed by atoms with E-state index in [0.29, 0.717) is 6.54 Å². The summed E-state index contributed by atoms with van der Waals surface area (Å²) in [4.78, 5) is 11.2. The van der Waals surface area contributed by atoms with Crippen LogP contribution in [0, 0.1) is 0 Å². The number of benzene rings is 1. The lowest BCUT2D eigenvalue weighted by atomic mass is 10.2. The molecule has 0 amide bonds. The number of nitrogens with one attached hydrogen (secondary N) is 1. The summed E-state index contributed by atoms with van der Waals surface area (Å²) in [6.45, 7) is 3.64. The highest BCUT2D eigenvalue weighted by Gasteiger charge is 2.15. The molecule has 1 N–H and O–H groups in total. The lowest BCUT2D eigenvalue weighted by Gasteiger charge is -2.17. The Bertz CT molecular complexity index is 735. The first-order valence-corrected chi connectivity index (χ1v) is 7.14. The standard InChI is InChI=1S/C17H18N2O2/c1-2-18-15(12-19-9-7-14(20)8-10-19)17-11-13-5-3-4-6-16(13)21-17/h3-11,15,18H,2,12H2,1H3. The van der Waals surface area contributed by atoms with E-state index < -0.39 is 0 Å². The smallest absolute Gasteiger partial charge is 0.181 e. The second-order valence-corrected chi connectivity index (χ2v) is 5.03. The first-order chi connectivity index (χ1) is 10.3. The summed E-state index contributed by atoms with van der Waals surface area (Å²) >= 11 is 0. The van der Waals surface area contributed by atoms with Gasteiger partial charge in [0.1, 0.15) is 11.3 Å². The number of aromatic nitrogens is 1. The van der Waals surface area contributed by atoms with E-state index in [4.69, 9.17) is 4.42 Å². The summed E-state index contributed by atoms with van der Waals surface area (Å²) in [6, 6.07) is 13.3. The molecular weight excluding hydrogens is 264 g/mol. The van der Waals surface area contributed by atoms with E-state index in [1.165, 1.54) is 0 Å². The molecule has 0 bridgehead atoms. The molecule has 108 valence electrons. The maximum Gasteiger partial charge on any atom is 0.181 e. The van der Waals surface area contributed by atoms with Gasteiger partial charge in [0.15, 0.2) is 5.43 Å². The van der Waals surface area contributed by atoms with Gasteiger partial charge in [0, 0.05) is 36.5 Å². The quantitative estimate of drug-likeness (QED) is 0.782. The minimum Gasteiger partial charge on any atom is -0.459 e. The van der Waals surface area contributed by atoms with Gasteiger partial charge in [-0.3, -0.25) is 4.79 Å². The van der Waals surface area contributed by atoms with Gasteiger partial charge in [0.25, 0.3) is 0 Å². The third kappa shape index (κ3) is 3.06. The Morgan fingerprint density at radius 3 is 2.67 bits per heavy atom. The van der Waals surface area contributed by atoms with Crippen LogP contribution in [0.5, 0.6) is 0 Å². The van der Waals surface area contributed by atoms with Crippen molar-refractivity contribution in [2.45, 2.75) is 19.5 Å². The molecule has 0 saturated heterocycles. The van der Waals surface area contributed by atoms with Gasteiger partial charge in [0.05, 0.1) is 6.04 Å². The number of pyridine rings is 1. The number of hydrogen-bond donors (Lipinski definition) is 1. The fourth-order valence-electron chi connectivity index (χ4n) is 2.45. The molecule has 0 aliphatic carbocycles. The number of furan rings is 1. The van der Waals surface area contributed by atoms with Crippen molar-refractivity contribution >= 4 is 11.0 Å². The van der Waals surface area contributed by atoms with Gasteiger partial charge >= 0.3 is 0 Å². The van der Waals surface area contributed by atoms with E-state index in [9.17, 15) is 4.79 Å². The van der Waals surface area contributed by atoms with Crippen LogP contribution in [0.3, 0.4) is 0 Å². The van der Waals surface area contributed by atoms with Crippen LogP contribution in [-0.4, -0.2) is 11.1 Å². The molecule has 1 unspecified atom stereocenters. The zero-order chi connectivity index (χ0) is 14.7. The first kappa shape index (κ1) is 13.6. The molecule has 0 saturated carbocycles. The maximum atomic E-state index is 11.2. The summed E-state index contributed by atoms with van der Waals surface area (Å²) in [7, 11) is 0. The number of hydrogen-bond acceptors (Lipinski definition) is 3. The molecule has 0 radical (unpaired) electrons. The minimum atomic E-state index is 0.0231. The van der Waals surface area contributed by atoms with Crippen molar-refractivity contribution < 1.29 is 4.42 Å². The SMILES string of the molecule is CCNC(Cn1ccc(=O)cc1)c1cc2ccccc2o1. The summed E-state index contributed by atoms with van der Waals surface area (Å²) in [6.07, 6.45) is 3.60. The topological polar surface area (TPSA) is 47.2 Å². The van der Waals surface area contributed by atoms with E-state index in [1.54, 1.807) is 24.5 Å². The van der Waals surface area contributed by atoms with Crippen LogP contribution in [0.2, 0.25) is 0 Å². The predicted molar refractivity (Wildman–Crippen MR) is 83.3 cm³/mol. The largest absolute Gasteiger partial charge is 0.459 e. The van der Waals surface area contributed by atoms with Gasteiger partial charge in [-0.1, -0.05) is 25.1 Å². The zero-order valence-electron chi connectivity index (χ0n) is 12.0. The van der Waals surface area contributed by atoms with Crippen LogP contribution < -0.4 is 10.7 Å². The summed E-state index contributed by atoms with van der Waals surface area (Å²) in [5.41, 5.74) is 0.922. The van der Waals surface area contributed by atoms with E-state index in [1.807, 2.05) is 28.8 Å². The molecule has 3 aromatic rings. The van der Waals surface area contributed by atoms with Crippen LogP contribution in [-0.2, 0) is 6.54 Å². The van der Waals surface area contributed by atoms with Gasteiger partial charge in [0.2, 0.25) is 0 Å². The maximum absolute atomic E-state index is 11.2. The molecule has 2 heterocycles. The highest BCUT2D eigenvalue weighted by Crippen LogP contribution is 2.24. The number of para-hydroxylation sites is 1. The van der Waals surface area contributed by atoms with Crippen molar-refractivity contribution in [2.75, 3.05) is 6.54 Å². The average Bonchev–Trinajstić information content (AvgIpc) is 2.93. The van der Waals surface area contributed by atoms with Gasteiger partial charge in [-0.05, 0) is 18.7 Å². The van der Waals surface area contributed by atoms with E-state index in [0.717, 1.165) is 23.3 Å². The van der Waals surface area contributed by atoms with Crippen LogP contribution in [0.1, 0.15) is 18.7 Å². The third-order valence-corrected chi connectivity index (χ3v) is 3.49. The molecule has 4 heteroatoms. The second-order valence-electron chi connectivity index (χ2n) is 5.03. The van der Waals surface area contributed by atoms with Crippen molar-refractivity contribution in [3.63, 3.8) is 0 Å². The first-order valence-electron chi connectivity index (χ1n) is 7.14. The Morgan fingerprint density at radius 1 is 1.19 bits per heavy atom. The molecule has 4 nitrogen and oxygen atoms in total. The van der Waals surface area contributed by atoms with Crippen LogP contribution in [0.15, 0.2) is 64.1 Å². The summed E-state index contributed by atoms with van der Waals surface area (Å²) < 4.78 is 7.93. The van der Waals surface area contributed by atoms with Gasteiger partial charge in [-0.15, -0.1) is 0 Å². The molecule has 21 heavy (non-hydrogen) atoms. The minimum absolute atomic E-state index is 0.0231. The predicted octanol–water partition coefficient (Wildman–Crippen LogP) is 2.95. The lowest BCUT2D eigenvalue weighted by Crippen LogP contribution is -2.25. The molecule has 2 aromatic heterocycles. The number of rotatable bonds is 5. The Balaban J connectivity index is 1.89. The van der Waals surface area contributed by atoms with E-state index in [-0.39, 0.29) is 11.5 Å². The average molecular weight is 282 g/mol. The fourth-order valence-corrected chi connectivity index (χ4v) is 2.45. The van der Waals surface area contributed by atoms with Crippen molar-refractivity contribution in [3.05, 3.63) is 70.8 Å². The van der Waals surface area contributed by atoms with Crippen molar-refractivity contribution in [2.24, 2.45) is 0 Å². The summed E-state index contributed by atoms with van der Waals surface area (Å²) in [5, 5.41) is 4.54. The van der Waals surface area contributed by atoms with Crippen LogP contribution in [0.25, 0.3) is 11.0 Å². The van der Waals surface area contributed by atoms with E-state index in [2.05, 4.69) is 18.3 Å². The summed E-state index contributed by atoms with van der Waals surface area (Å²) in [5.74, 6) is 0.914. The highest BCUT2D eigenvalue weighted by molar-refractivity contribution is 5.77. The van der Waals surface area contributed by atoms with Crippen molar-refractivity contribution in [1.82, 2.24) is 9.88 Å². The zero-order valence-corrected chi connectivity index (χ0v) is 12.0. The van der Waals surface area contributed by atoms with Crippen LogP contribution in [0.4, 0.5) is 0 Å². The number of likely N-dealkylation sites (N-methyl/N-ethyl adjacent to an activating group) is 1. The third-order valence-electron chi connectivity index (χ3n) is 3.49. The molecule has 1 atom stereocenters. The number of fused-ring (bicyclic) bond motifs is 1. The van der Waals surface area contributed by atoms with E-state index >= 15 is 0 Å². The molecule has 0 fully saturated rings. The van der Waals surface area contributed by atoms with Crippen molar-refractivity contribution in [3.8, 4) is 0 Å². The molecule has 1 aromatic carbocycles. The molecule has 0 aliphatic rings. The highest BCUT2D eigenvalue weighted by atomic mass is 16.3. The Kier molecular flexibility index (Phi) is 3.88. The monoisotopic (exact) mass is 282 g/mol. The second kappa shape index (κ2) is 5.97. The lowest BCUT2D eigenvalue weighted by molar-refractivity contribution is 0.395. The Morgan fingerprint density at radius 2 is 1.95 bits per heavy atom. The molecular formula is C17H18N2O2. The Labute approximate surface area is 123 Å². The van der Waals surface area contributed by atoms with Gasteiger partial charge in [-0.2, -0.15) is 0 Å². The normalized spacial score (nSPS) is 12.6. The Hall–Kier alpha value is -2.33. The van der Waals surface area contributed by atoms with Crippen molar-refractivity contribution in [1.29, 1.82) is 0 Å². The van der Waals surface area contributed by atoms with Gasteiger partial charge < -0.3 is 14.3 Å². The number of nitrogens with zero attached hydrogens (tertiary/aromatic N) is 1. The fraction of sp³-hybridized carbons (Fsp3) is 0.235. The van der Waals surface area contributed by atoms with Gasteiger partial charge in [-0.25, -0.2) is 0 Å². The van der Waals surface area contributed by atoms with Crippen LogP contribution >= 0.6 is 0 Å². The molecule has 0 aliphatic heterocycles.